The predicted octanol–water partition coefficient (Wildman–Crippen LogP) is 4.39. The van der Waals surface area contributed by atoms with Crippen LogP contribution in [0.25, 0.3) is 0 Å². The lowest BCUT2D eigenvalue weighted by Gasteiger charge is -2.43. The minimum Gasteiger partial charge on any atom is -0.0995 e. The van der Waals surface area contributed by atoms with Crippen LogP contribution in [0.1, 0.15) is 38.2 Å². The fourth-order valence-electron chi connectivity index (χ4n) is 2.90. The van der Waals surface area contributed by atoms with E-state index in [0.717, 1.165) is 11.8 Å². The average Bonchev–Trinajstić information content (AvgIpc) is 2.26. The molecule has 3 unspecified atom stereocenters. The van der Waals surface area contributed by atoms with E-state index in [-0.39, 0.29) is 0 Å². The monoisotopic (exact) mass is 200 g/mol. The molecule has 0 nitrogen and oxygen atoms in total. The quantitative estimate of drug-likeness (QED) is 0.635. The minimum atomic E-state index is 0.636. The summed E-state index contributed by atoms with van der Waals surface area (Å²) in [5, 5.41) is 0. The average molecular weight is 200 g/mol. The van der Waals surface area contributed by atoms with Gasteiger partial charge in [0.25, 0.3) is 0 Å². The Morgan fingerprint density at radius 2 is 2.00 bits per heavy atom. The zero-order valence-corrected chi connectivity index (χ0v) is 9.74. The third kappa shape index (κ3) is 1.86. The van der Waals surface area contributed by atoms with Gasteiger partial charge in [-0.05, 0) is 29.7 Å². The first-order chi connectivity index (χ1) is 7.24. The Kier molecular flexibility index (Phi) is 2.95. The van der Waals surface area contributed by atoms with Crippen molar-refractivity contribution in [2.24, 2.45) is 11.8 Å². The number of hydrogen-bond donors (Lipinski definition) is 0. The first-order valence-electron chi connectivity index (χ1n) is 5.96. The lowest BCUT2D eigenvalue weighted by Crippen LogP contribution is -2.32. The molecule has 1 saturated carbocycles. The molecule has 0 aromatic heterocycles. The van der Waals surface area contributed by atoms with Crippen LogP contribution >= 0.6 is 0 Å². The molecule has 1 aromatic rings. The Bertz CT molecular complexity index is 336. The van der Waals surface area contributed by atoms with Crippen LogP contribution in [-0.4, -0.2) is 0 Å². The van der Waals surface area contributed by atoms with Gasteiger partial charge < -0.3 is 0 Å². The van der Waals surface area contributed by atoms with Crippen molar-refractivity contribution in [3.8, 4) is 0 Å². The molecular formula is C15H20. The predicted molar refractivity (Wildman–Crippen MR) is 65.9 cm³/mol. The van der Waals surface area contributed by atoms with Crippen molar-refractivity contribution in [3.63, 3.8) is 0 Å². The fraction of sp³-hybridized carbons (Fsp3) is 0.467. The van der Waals surface area contributed by atoms with E-state index >= 15 is 0 Å². The topological polar surface area (TPSA) is 0 Å². The lowest BCUT2D eigenvalue weighted by molar-refractivity contribution is 0.233. The summed E-state index contributed by atoms with van der Waals surface area (Å²) in [4.78, 5) is 0. The van der Waals surface area contributed by atoms with E-state index < -0.39 is 0 Å². The molecule has 3 atom stereocenters. The standard InChI is InChI=1S/C15H20/c1-4-13-10-11(2)15(13)12(3)14-8-6-5-7-9-14/h5-9,12-13,15H,2,4,10H2,1,3H3. The van der Waals surface area contributed by atoms with Gasteiger partial charge in [0.05, 0.1) is 0 Å². The van der Waals surface area contributed by atoms with Gasteiger partial charge >= 0.3 is 0 Å². The van der Waals surface area contributed by atoms with Gasteiger partial charge in [-0.15, -0.1) is 0 Å². The van der Waals surface area contributed by atoms with Crippen molar-refractivity contribution in [3.05, 3.63) is 48.0 Å². The number of benzene rings is 1. The van der Waals surface area contributed by atoms with Crippen molar-refractivity contribution < 1.29 is 0 Å². The molecule has 1 aliphatic carbocycles. The second kappa shape index (κ2) is 4.22. The van der Waals surface area contributed by atoms with Crippen LogP contribution in [0.2, 0.25) is 0 Å². The Hall–Kier alpha value is -1.04. The van der Waals surface area contributed by atoms with Crippen molar-refractivity contribution in [2.75, 3.05) is 0 Å². The van der Waals surface area contributed by atoms with Crippen molar-refractivity contribution >= 4 is 0 Å². The molecule has 0 heteroatoms. The minimum absolute atomic E-state index is 0.636. The molecular weight excluding hydrogens is 180 g/mol. The normalized spacial score (nSPS) is 27.2. The van der Waals surface area contributed by atoms with E-state index in [2.05, 4.69) is 50.8 Å². The van der Waals surface area contributed by atoms with Gasteiger partial charge in [0.2, 0.25) is 0 Å². The number of rotatable bonds is 3. The maximum atomic E-state index is 4.19. The van der Waals surface area contributed by atoms with Gasteiger partial charge in [0.15, 0.2) is 0 Å². The molecule has 1 fully saturated rings. The highest BCUT2D eigenvalue weighted by Gasteiger charge is 2.37. The second-order valence-electron chi connectivity index (χ2n) is 4.76. The molecule has 15 heavy (non-hydrogen) atoms. The van der Waals surface area contributed by atoms with Crippen LogP contribution in [0.4, 0.5) is 0 Å². The molecule has 1 aromatic carbocycles. The zero-order valence-electron chi connectivity index (χ0n) is 9.74. The van der Waals surface area contributed by atoms with Gasteiger partial charge in [-0.3, -0.25) is 0 Å². The van der Waals surface area contributed by atoms with Crippen molar-refractivity contribution in [2.45, 2.75) is 32.6 Å². The molecule has 0 heterocycles. The van der Waals surface area contributed by atoms with E-state index in [0.29, 0.717) is 5.92 Å². The van der Waals surface area contributed by atoms with Crippen molar-refractivity contribution in [1.29, 1.82) is 0 Å². The summed E-state index contributed by atoms with van der Waals surface area (Å²) in [6.45, 7) is 8.82. The summed E-state index contributed by atoms with van der Waals surface area (Å²) >= 11 is 0. The van der Waals surface area contributed by atoms with E-state index in [1.165, 1.54) is 24.0 Å². The highest BCUT2D eigenvalue weighted by atomic mass is 14.4. The highest BCUT2D eigenvalue weighted by Crippen LogP contribution is 2.48. The first kappa shape index (κ1) is 10.5. The number of hydrogen-bond acceptors (Lipinski definition) is 0. The molecule has 0 spiro atoms. The molecule has 0 aliphatic heterocycles. The van der Waals surface area contributed by atoms with Crippen LogP contribution in [0.15, 0.2) is 42.5 Å². The SMILES string of the molecule is C=C1CC(CC)C1C(C)c1ccccc1. The molecule has 80 valence electrons. The summed E-state index contributed by atoms with van der Waals surface area (Å²) in [5.41, 5.74) is 2.92. The van der Waals surface area contributed by atoms with Crippen LogP contribution in [0.3, 0.4) is 0 Å². The zero-order chi connectivity index (χ0) is 10.8. The largest absolute Gasteiger partial charge is 0.0995 e. The Morgan fingerprint density at radius 3 is 2.53 bits per heavy atom. The van der Waals surface area contributed by atoms with Gasteiger partial charge in [-0.2, -0.15) is 0 Å². The molecule has 0 saturated heterocycles. The molecule has 0 radical (unpaired) electrons. The van der Waals surface area contributed by atoms with E-state index in [1.54, 1.807) is 0 Å². The lowest BCUT2D eigenvalue weighted by atomic mass is 9.62. The summed E-state index contributed by atoms with van der Waals surface area (Å²) in [6, 6.07) is 10.8. The Morgan fingerprint density at radius 1 is 1.33 bits per heavy atom. The molecule has 2 rings (SSSR count). The summed E-state index contributed by atoms with van der Waals surface area (Å²) < 4.78 is 0. The van der Waals surface area contributed by atoms with Gasteiger partial charge in [0, 0.05) is 0 Å². The van der Waals surface area contributed by atoms with Crippen molar-refractivity contribution in [1.82, 2.24) is 0 Å². The molecule has 0 amide bonds. The molecule has 0 N–H and O–H groups in total. The Labute approximate surface area is 93.0 Å². The van der Waals surface area contributed by atoms with Gasteiger partial charge in [0.1, 0.15) is 0 Å². The third-order valence-electron chi connectivity index (χ3n) is 3.89. The third-order valence-corrected chi connectivity index (χ3v) is 3.89. The maximum absolute atomic E-state index is 4.19. The van der Waals surface area contributed by atoms with Gasteiger partial charge in [-0.25, -0.2) is 0 Å². The summed E-state index contributed by atoms with van der Waals surface area (Å²) in [6.07, 6.45) is 2.54. The van der Waals surface area contributed by atoms with E-state index in [4.69, 9.17) is 0 Å². The van der Waals surface area contributed by atoms with E-state index in [9.17, 15) is 0 Å². The fourth-order valence-corrected chi connectivity index (χ4v) is 2.90. The smallest absolute Gasteiger partial charge is 0.0108 e. The summed E-state index contributed by atoms with van der Waals surface area (Å²) in [5.74, 6) is 2.22. The van der Waals surface area contributed by atoms with E-state index in [1.807, 2.05) is 0 Å². The van der Waals surface area contributed by atoms with Crippen LogP contribution in [-0.2, 0) is 0 Å². The Balaban J connectivity index is 2.14. The second-order valence-corrected chi connectivity index (χ2v) is 4.76. The first-order valence-corrected chi connectivity index (χ1v) is 5.96. The molecule has 1 aliphatic rings. The maximum Gasteiger partial charge on any atom is -0.0108 e. The van der Waals surface area contributed by atoms with Crippen LogP contribution in [0.5, 0.6) is 0 Å². The van der Waals surface area contributed by atoms with Gasteiger partial charge in [-0.1, -0.05) is 62.8 Å². The van der Waals surface area contributed by atoms with Crippen LogP contribution in [0, 0.1) is 11.8 Å². The number of allylic oxidation sites excluding steroid dienone is 1. The summed E-state index contributed by atoms with van der Waals surface area (Å²) in [7, 11) is 0. The highest BCUT2D eigenvalue weighted by molar-refractivity contribution is 5.27. The molecule has 0 bridgehead atoms. The van der Waals surface area contributed by atoms with Crippen LogP contribution < -0.4 is 0 Å².